The number of hydrogen-bond donors (Lipinski definition) is 2. The molecule has 0 bridgehead atoms. The van der Waals surface area contributed by atoms with Crippen molar-refractivity contribution in [2.24, 2.45) is 0 Å². The molecule has 0 saturated heterocycles. The van der Waals surface area contributed by atoms with Gasteiger partial charge in [0.2, 0.25) is 5.91 Å². The first kappa shape index (κ1) is 19.0. The number of carbonyl (C=O) groups excluding carboxylic acids is 1. The molecule has 0 fully saturated rings. The fraction of sp³-hybridized carbons (Fsp3) is 0.500. The number of H-pyrrole nitrogens is 1. The first-order valence-electron chi connectivity index (χ1n) is 7.39. The van der Waals surface area contributed by atoms with Gasteiger partial charge in [0.25, 0.3) is 0 Å². The number of rotatable bonds is 9. The van der Waals surface area contributed by atoms with E-state index < -0.39 is 0 Å². The van der Waals surface area contributed by atoms with Crippen molar-refractivity contribution in [3.05, 3.63) is 30.4 Å². The maximum absolute atomic E-state index is 11.6. The molecule has 0 atom stereocenters. The van der Waals surface area contributed by atoms with Crippen molar-refractivity contribution < 1.29 is 31.1 Å². The van der Waals surface area contributed by atoms with E-state index in [1.165, 1.54) is 0 Å². The summed E-state index contributed by atoms with van der Waals surface area (Å²) >= 11 is 0. The zero-order valence-electron chi connectivity index (χ0n) is 13.0. The number of amides is 1. The van der Waals surface area contributed by atoms with Crippen LogP contribution in [0.1, 0.15) is 25.6 Å². The molecule has 0 aliphatic rings. The largest absolute Gasteiger partial charge is 1.00 e. The van der Waals surface area contributed by atoms with Crippen LogP contribution < -0.4 is 31.6 Å². The number of pyridine rings is 1. The lowest BCUT2D eigenvalue weighted by Crippen LogP contribution is -3.00. The number of aromatic amines is 1. The van der Waals surface area contributed by atoms with Gasteiger partial charge >= 0.3 is 0 Å². The highest BCUT2D eigenvalue weighted by Gasteiger charge is 2.04. The predicted molar refractivity (Wildman–Crippen MR) is 77.9 cm³/mol. The molecule has 23 heavy (non-hydrogen) atoms. The van der Waals surface area contributed by atoms with Crippen LogP contribution in [0.25, 0.3) is 0 Å². The second-order valence-electron chi connectivity index (χ2n) is 4.80. The normalized spacial score (nSPS) is 9.96. The Balaban J connectivity index is 0.00000264. The zero-order chi connectivity index (χ0) is 15.6. The molecule has 126 valence electrons. The fourth-order valence-electron chi connectivity index (χ4n) is 1.90. The van der Waals surface area contributed by atoms with E-state index in [0.717, 1.165) is 18.7 Å². The van der Waals surface area contributed by atoms with Gasteiger partial charge in [-0.3, -0.25) is 4.79 Å². The van der Waals surface area contributed by atoms with Crippen molar-refractivity contribution in [1.82, 2.24) is 25.9 Å². The Bertz CT molecular complexity index is 561. The minimum atomic E-state index is -0.0551. The highest BCUT2D eigenvalue weighted by Crippen LogP contribution is 2.06. The van der Waals surface area contributed by atoms with Crippen LogP contribution in [0.3, 0.4) is 0 Å². The topological polar surface area (TPSA) is 96.7 Å². The molecule has 0 aromatic carbocycles. The van der Waals surface area contributed by atoms with E-state index in [4.69, 9.17) is 4.74 Å². The van der Waals surface area contributed by atoms with Crippen molar-refractivity contribution in [3.63, 3.8) is 0 Å². The molecule has 0 spiro atoms. The summed E-state index contributed by atoms with van der Waals surface area (Å²) in [6.45, 7) is 3.96. The highest BCUT2D eigenvalue weighted by atomic mass is 79.9. The van der Waals surface area contributed by atoms with Crippen LogP contribution in [-0.4, -0.2) is 39.7 Å². The Hall–Kier alpha value is -2.03. The molecule has 8 nitrogen and oxygen atoms in total. The molecule has 9 heteroatoms. The summed E-state index contributed by atoms with van der Waals surface area (Å²) in [5, 5.41) is 16.2. The number of aromatic nitrogens is 5. The number of nitrogens with one attached hydrogen (secondary N) is 2. The van der Waals surface area contributed by atoms with Gasteiger partial charge < -0.3 is 27.0 Å². The average Bonchev–Trinajstić information content (AvgIpc) is 3.03. The third-order valence-corrected chi connectivity index (χ3v) is 3.00. The summed E-state index contributed by atoms with van der Waals surface area (Å²) in [4.78, 5) is 11.6. The van der Waals surface area contributed by atoms with Crippen LogP contribution in [0.15, 0.2) is 24.5 Å². The number of nitrogens with zero attached hydrogens (tertiary/aromatic N) is 4. The number of ether oxygens (including phenoxy) is 1. The molecule has 0 aliphatic carbocycles. The van der Waals surface area contributed by atoms with Crippen molar-refractivity contribution in [1.29, 1.82) is 0 Å². The van der Waals surface area contributed by atoms with Crippen LogP contribution in [0.5, 0.6) is 5.75 Å². The molecule has 0 saturated carbocycles. The first-order valence-corrected chi connectivity index (χ1v) is 7.39. The Kier molecular flexibility index (Phi) is 8.81. The molecule has 0 aliphatic heterocycles. The number of hydrogen-bond acceptors (Lipinski definition) is 5. The molecule has 2 N–H and O–H groups in total. The Morgan fingerprint density at radius 3 is 2.83 bits per heavy atom. The predicted octanol–water partition coefficient (Wildman–Crippen LogP) is -2.97. The van der Waals surface area contributed by atoms with Crippen molar-refractivity contribution >= 4 is 5.91 Å². The van der Waals surface area contributed by atoms with Gasteiger partial charge in [-0.25, -0.2) is 4.57 Å². The van der Waals surface area contributed by atoms with Crippen LogP contribution in [0.2, 0.25) is 0 Å². The molecule has 2 aromatic heterocycles. The average molecular weight is 385 g/mol. The van der Waals surface area contributed by atoms with E-state index in [1.54, 1.807) is 0 Å². The third kappa shape index (κ3) is 7.18. The second-order valence-corrected chi connectivity index (χ2v) is 4.80. The van der Waals surface area contributed by atoms with Crippen LogP contribution in [0.4, 0.5) is 0 Å². The van der Waals surface area contributed by atoms with E-state index >= 15 is 0 Å². The lowest BCUT2D eigenvalue weighted by atomic mass is 10.3. The quantitative estimate of drug-likeness (QED) is 0.450. The Labute approximate surface area is 145 Å². The monoisotopic (exact) mass is 384 g/mol. The summed E-state index contributed by atoms with van der Waals surface area (Å²) in [7, 11) is 0. The van der Waals surface area contributed by atoms with E-state index in [1.807, 2.05) is 24.5 Å². The maximum Gasteiger partial charge on any atom is 0.223 e. The fourth-order valence-corrected chi connectivity index (χ4v) is 1.90. The molecule has 1 amide bonds. The summed E-state index contributed by atoms with van der Waals surface area (Å²) in [5.41, 5.74) is 0. The number of carbonyl (C=O) groups is 1. The Morgan fingerprint density at radius 2 is 2.17 bits per heavy atom. The maximum atomic E-state index is 11.6. The second kappa shape index (κ2) is 10.7. The lowest BCUT2D eigenvalue weighted by Gasteiger charge is -2.06. The van der Waals surface area contributed by atoms with Gasteiger partial charge in [-0.2, -0.15) is 5.21 Å². The number of tetrazole rings is 1. The highest BCUT2D eigenvalue weighted by molar-refractivity contribution is 5.75. The van der Waals surface area contributed by atoms with Gasteiger partial charge in [0.05, 0.1) is 13.0 Å². The molecule has 2 rings (SSSR count). The molecule has 2 heterocycles. The smallest absolute Gasteiger partial charge is 0.223 e. The van der Waals surface area contributed by atoms with Crippen molar-refractivity contribution in [2.75, 3.05) is 13.2 Å². The van der Waals surface area contributed by atoms with Crippen LogP contribution in [0, 0.1) is 0 Å². The van der Waals surface area contributed by atoms with E-state index in [9.17, 15) is 4.79 Å². The minimum Gasteiger partial charge on any atom is -1.00 e. The molecule has 2 aromatic rings. The van der Waals surface area contributed by atoms with E-state index in [-0.39, 0.29) is 22.9 Å². The minimum absolute atomic E-state index is 0. The van der Waals surface area contributed by atoms with E-state index in [0.29, 0.717) is 31.8 Å². The summed E-state index contributed by atoms with van der Waals surface area (Å²) in [5.74, 6) is 1.30. The SMILES string of the molecule is CCC[n+]1ccc(OCCC(=O)NCCc2nn[nH]n2)cc1.[Br-]. The van der Waals surface area contributed by atoms with Crippen molar-refractivity contribution in [3.8, 4) is 5.75 Å². The Morgan fingerprint density at radius 1 is 1.39 bits per heavy atom. The van der Waals surface area contributed by atoms with Crippen LogP contribution >= 0.6 is 0 Å². The van der Waals surface area contributed by atoms with Crippen LogP contribution in [-0.2, 0) is 17.8 Å². The summed E-state index contributed by atoms with van der Waals surface area (Å²) in [6, 6.07) is 3.81. The first-order chi connectivity index (χ1) is 10.8. The molecular weight excluding hydrogens is 364 g/mol. The molecule has 0 unspecified atom stereocenters. The number of halogens is 1. The third-order valence-electron chi connectivity index (χ3n) is 3.00. The van der Waals surface area contributed by atoms with Gasteiger partial charge in [0, 0.05) is 31.5 Å². The van der Waals surface area contributed by atoms with Crippen molar-refractivity contribution in [2.45, 2.75) is 32.7 Å². The standard InChI is InChI=1S/C14H20N6O2.BrH/c1-2-8-20-9-4-12(5-10-20)22-11-6-14(21)15-7-3-13-16-18-19-17-13;/h4-5,9-10H,2-3,6-8,11H2,1H3,(H-,15,16,17,18,19,21);1H. The van der Waals surface area contributed by atoms with Gasteiger partial charge in [-0.15, -0.1) is 10.2 Å². The molecule has 0 radical (unpaired) electrons. The van der Waals surface area contributed by atoms with E-state index in [2.05, 4.69) is 37.4 Å². The van der Waals surface area contributed by atoms with Gasteiger partial charge in [-0.05, 0) is 0 Å². The zero-order valence-corrected chi connectivity index (χ0v) is 14.6. The molecular formula is C14H21BrN6O2. The van der Waals surface area contributed by atoms with Gasteiger partial charge in [-0.1, -0.05) is 12.1 Å². The lowest BCUT2D eigenvalue weighted by molar-refractivity contribution is -0.697. The summed E-state index contributed by atoms with van der Waals surface area (Å²) in [6.07, 6.45) is 5.91. The van der Waals surface area contributed by atoms with Gasteiger partial charge in [0.15, 0.2) is 18.2 Å². The number of aryl methyl sites for hydroxylation is 1. The van der Waals surface area contributed by atoms with Gasteiger partial charge in [0.1, 0.15) is 12.3 Å². The summed E-state index contributed by atoms with van der Waals surface area (Å²) < 4.78 is 7.64.